The summed E-state index contributed by atoms with van der Waals surface area (Å²) in [6.45, 7) is 0. The normalized spacial score (nSPS) is 12.0. The second-order valence-corrected chi connectivity index (χ2v) is 8.32. The van der Waals surface area contributed by atoms with Gasteiger partial charge in [-0.1, -0.05) is 60.1 Å². The summed E-state index contributed by atoms with van der Waals surface area (Å²) >= 11 is 5.76. The van der Waals surface area contributed by atoms with E-state index in [9.17, 15) is 23.5 Å². The zero-order valence-corrected chi connectivity index (χ0v) is 19.5. The van der Waals surface area contributed by atoms with Crippen LogP contribution in [0.25, 0.3) is 23.0 Å². The van der Waals surface area contributed by atoms with Crippen LogP contribution in [0.2, 0.25) is 5.02 Å². The van der Waals surface area contributed by atoms with Crippen molar-refractivity contribution in [3.8, 4) is 16.9 Å². The minimum Gasteiger partial charge on any atom is -0.480 e. The van der Waals surface area contributed by atoms with Gasteiger partial charge in [0.1, 0.15) is 23.4 Å². The Morgan fingerprint density at radius 2 is 1.64 bits per heavy atom. The smallest absolute Gasteiger partial charge is 0.326 e. The van der Waals surface area contributed by atoms with Gasteiger partial charge in [-0.05, 0) is 35.9 Å². The summed E-state index contributed by atoms with van der Waals surface area (Å²) in [5.74, 6) is -3.70. The number of carboxylic acids is 1. The number of nitrogens with zero attached hydrogens (tertiary/aromatic N) is 2. The van der Waals surface area contributed by atoms with E-state index in [2.05, 4.69) is 10.4 Å². The first-order chi connectivity index (χ1) is 17.3. The molecule has 4 aromatic rings. The van der Waals surface area contributed by atoms with Crippen LogP contribution in [0.4, 0.5) is 8.78 Å². The average Bonchev–Trinajstić information content (AvgIpc) is 3.26. The van der Waals surface area contributed by atoms with Crippen molar-refractivity contribution in [2.75, 3.05) is 0 Å². The highest BCUT2D eigenvalue weighted by molar-refractivity contribution is 6.30. The number of rotatable bonds is 8. The van der Waals surface area contributed by atoms with Gasteiger partial charge in [0.05, 0.1) is 11.3 Å². The van der Waals surface area contributed by atoms with E-state index in [0.717, 1.165) is 23.8 Å². The molecule has 6 nitrogen and oxygen atoms in total. The Morgan fingerprint density at radius 3 is 2.25 bits per heavy atom. The van der Waals surface area contributed by atoms with Crippen LogP contribution in [0, 0.1) is 11.6 Å². The molecule has 4 rings (SSSR count). The van der Waals surface area contributed by atoms with Crippen molar-refractivity contribution in [2.24, 2.45) is 0 Å². The maximum Gasteiger partial charge on any atom is 0.326 e. The molecule has 0 spiro atoms. The Hall–Kier alpha value is -4.30. The van der Waals surface area contributed by atoms with Crippen molar-refractivity contribution in [1.29, 1.82) is 0 Å². The molecule has 3 aromatic carbocycles. The topological polar surface area (TPSA) is 84.2 Å². The second kappa shape index (κ2) is 11.0. The van der Waals surface area contributed by atoms with Gasteiger partial charge in [-0.2, -0.15) is 5.10 Å². The molecule has 9 heteroatoms. The van der Waals surface area contributed by atoms with Gasteiger partial charge >= 0.3 is 5.97 Å². The number of aliphatic carboxylic acids is 1. The van der Waals surface area contributed by atoms with Crippen LogP contribution in [0.3, 0.4) is 0 Å². The molecule has 0 radical (unpaired) electrons. The molecular weight excluding hydrogens is 488 g/mol. The molecule has 36 heavy (non-hydrogen) atoms. The first-order valence-electron chi connectivity index (χ1n) is 10.9. The predicted octanol–water partition coefficient (Wildman–Crippen LogP) is 5.30. The van der Waals surface area contributed by atoms with Crippen molar-refractivity contribution >= 4 is 29.6 Å². The Morgan fingerprint density at radius 1 is 1.03 bits per heavy atom. The van der Waals surface area contributed by atoms with Gasteiger partial charge in [-0.25, -0.2) is 18.3 Å². The number of aromatic nitrogens is 2. The van der Waals surface area contributed by atoms with Gasteiger partial charge in [0, 0.05) is 29.3 Å². The van der Waals surface area contributed by atoms with Crippen molar-refractivity contribution in [3.63, 3.8) is 0 Å². The summed E-state index contributed by atoms with van der Waals surface area (Å²) in [4.78, 5) is 24.2. The first kappa shape index (κ1) is 24.8. The largest absolute Gasteiger partial charge is 0.480 e. The predicted molar refractivity (Wildman–Crippen MR) is 133 cm³/mol. The van der Waals surface area contributed by atoms with Crippen LogP contribution >= 0.6 is 11.6 Å². The number of hydrogen-bond acceptors (Lipinski definition) is 3. The summed E-state index contributed by atoms with van der Waals surface area (Å²) in [5, 5.41) is 16.2. The molecule has 1 heterocycles. The third-order valence-electron chi connectivity index (χ3n) is 5.32. The Kier molecular flexibility index (Phi) is 7.56. The minimum atomic E-state index is -1.19. The lowest BCUT2D eigenvalue weighted by molar-refractivity contribution is -0.141. The van der Waals surface area contributed by atoms with Gasteiger partial charge in [-0.15, -0.1) is 0 Å². The van der Waals surface area contributed by atoms with Crippen LogP contribution in [-0.2, 0) is 16.0 Å². The van der Waals surface area contributed by atoms with Crippen molar-refractivity contribution in [3.05, 3.63) is 113 Å². The monoisotopic (exact) mass is 507 g/mol. The van der Waals surface area contributed by atoms with Gasteiger partial charge in [0.15, 0.2) is 0 Å². The van der Waals surface area contributed by atoms with E-state index < -0.39 is 35.1 Å². The fraction of sp³-hybridized carbons (Fsp3) is 0.0741. The molecule has 1 unspecified atom stereocenters. The number of hydrogen-bond donors (Lipinski definition) is 2. The average molecular weight is 508 g/mol. The van der Waals surface area contributed by atoms with Crippen molar-refractivity contribution in [1.82, 2.24) is 15.1 Å². The number of benzene rings is 3. The fourth-order valence-electron chi connectivity index (χ4n) is 3.62. The van der Waals surface area contributed by atoms with E-state index in [0.29, 0.717) is 5.69 Å². The van der Waals surface area contributed by atoms with E-state index in [-0.39, 0.29) is 22.7 Å². The van der Waals surface area contributed by atoms with E-state index in [1.807, 2.05) is 6.07 Å². The number of carbonyl (C=O) groups excluding carboxylic acids is 1. The lowest BCUT2D eigenvalue weighted by Gasteiger charge is -2.13. The van der Waals surface area contributed by atoms with Gasteiger partial charge in [0.2, 0.25) is 5.91 Å². The molecule has 0 saturated carbocycles. The molecule has 2 N–H and O–H groups in total. The Bertz CT molecular complexity index is 1400. The molecule has 0 aliphatic heterocycles. The van der Waals surface area contributed by atoms with Gasteiger partial charge in [0.25, 0.3) is 0 Å². The molecule has 1 amide bonds. The molecular formula is C27H20ClF2N3O3. The SMILES string of the molecule is O=C(/C=C/c1cn(-c2ccccc2)nc1-c1c(F)cc(Cl)cc1F)NC(Cc1ccccc1)C(=O)O. The lowest BCUT2D eigenvalue weighted by atomic mass is 10.1. The number of nitrogens with one attached hydrogen (secondary N) is 1. The molecule has 0 fully saturated rings. The molecule has 1 aromatic heterocycles. The Balaban J connectivity index is 1.65. The number of carboxylic acid groups (broad SMARTS) is 1. The van der Waals surface area contributed by atoms with Crippen LogP contribution < -0.4 is 5.32 Å². The lowest BCUT2D eigenvalue weighted by Crippen LogP contribution is -2.41. The van der Waals surface area contributed by atoms with Crippen LogP contribution in [0.15, 0.2) is 85.1 Å². The molecule has 1 atom stereocenters. The number of para-hydroxylation sites is 1. The van der Waals surface area contributed by atoms with E-state index in [4.69, 9.17) is 11.6 Å². The van der Waals surface area contributed by atoms with Crippen molar-refractivity contribution < 1.29 is 23.5 Å². The molecule has 0 saturated heterocycles. The maximum atomic E-state index is 14.7. The van der Waals surface area contributed by atoms with Gasteiger partial charge in [-0.3, -0.25) is 4.79 Å². The highest BCUT2D eigenvalue weighted by Gasteiger charge is 2.21. The maximum absolute atomic E-state index is 14.7. The standard InChI is InChI=1S/C27H20ClF2N3O3/c28-19-14-21(29)25(22(30)15-19)26-18(16-33(32-26)20-9-5-2-6-10-20)11-12-24(34)31-23(27(35)36)13-17-7-3-1-4-8-17/h1-12,14-16,23H,13H2,(H,31,34)(H,35,36)/b12-11+. The van der Waals surface area contributed by atoms with E-state index in [1.54, 1.807) is 54.6 Å². The third-order valence-corrected chi connectivity index (χ3v) is 5.54. The second-order valence-electron chi connectivity index (χ2n) is 7.88. The fourth-order valence-corrected chi connectivity index (χ4v) is 3.81. The highest BCUT2D eigenvalue weighted by Crippen LogP contribution is 2.31. The summed E-state index contributed by atoms with van der Waals surface area (Å²) in [6, 6.07) is 18.5. The summed E-state index contributed by atoms with van der Waals surface area (Å²) < 4.78 is 30.9. The number of halogens is 3. The van der Waals surface area contributed by atoms with Crippen LogP contribution in [0.5, 0.6) is 0 Å². The quantitative estimate of drug-likeness (QED) is 0.317. The summed E-state index contributed by atoms with van der Waals surface area (Å²) in [5.41, 5.74) is 1.17. The summed E-state index contributed by atoms with van der Waals surface area (Å²) in [7, 11) is 0. The van der Waals surface area contributed by atoms with Crippen LogP contribution in [0.1, 0.15) is 11.1 Å². The molecule has 182 valence electrons. The highest BCUT2D eigenvalue weighted by atomic mass is 35.5. The van der Waals surface area contributed by atoms with E-state index in [1.165, 1.54) is 17.0 Å². The molecule has 0 bridgehead atoms. The van der Waals surface area contributed by atoms with Crippen LogP contribution in [-0.4, -0.2) is 32.8 Å². The molecule has 0 aliphatic rings. The minimum absolute atomic E-state index is 0.0476. The Labute approximate surface area is 210 Å². The zero-order valence-electron chi connectivity index (χ0n) is 18.7. The van der Waals surface area contributed by atoms with E-state index >= 15 is 0 Å². The zero-order chi connectivity index (χ0) is 25.7. The first-order valence-corrected chi connectivity index (χ1v) is 11.2. The number of amides is 1. The van der Waals surface area contributed by atoms with Gasteiger partial charge < -0.3 is 10.4 Å². The number of carbonyl (C=O) groups is 2. The third kappa shape index (κ3) is 5.84. The van der Waals surface area contributed by atoms with Crippen molar-refractivity contribution in [2.45, 2.75) is 12.5 Å². The molecule has 0 aliphatic carbocycles. The summed E-state index contributed by atoms with van der Waals surface area (Å²) in [6.07, 6.45) is 4.03.